The third-order valence-corrected chi connectivity index (χ3v) is 5.05. The topological polar surface area (TPSA) is 70.5 Å². The number of benzene rings is 2. The maximum atomic E-state index is 12.9. The number of hydrogen-bond donors (Lipinski definition) is 1. The Balaban J connectivity index is 1.86. The second-order valence-electron chi connectivity index (χ2n) is 6.67. The normalized spacial score (nSPS) is 18.2. The van der Waals surface area contributed by atoms with Gasteiger partial charge in [-0.1, -0.05) is 60.1 Å². The van der Waals surface area contributed by atoms with Gasteiger partial charge in [0.25, 0.3) is 11.7 Å². The molecule has 1 aliphatic rings. The standard InChI is InChI=1S/C23H17ClN2O3/c24-17-10-6-9-16(13-17)21(27)19-20(15-7-2-1-3-8-15)26(23(29)22(19)28)14-18-11-4-5-12-25-18/h1-13,20,27H,14H2/b21-19-. The number of halogens is 1. The first-order chi connectivity index (χ1) is 14.1. The molecule has 1 aromatic heterocycles. The van der Waals surface area contributed by atoms with Crippen molar-refractivity contribution in [2.75, 3.05) is 0 Å². The van der Waals surface area contributed by atoms with Crippen molar-refractivity contribution in [1.29, 1.82) is 0 Å². The number of aromatic nitrogens is 1. The number of Topliss-reactive ketones (excluding diaryl/α,β-unsaturated/α-hetero) is 1. The number of ketones is 1. The molecule has 2 aromatic carbocycles. The van der Waals surface area contributed by atoms with Gasteiger partial charge in [0.1, 0.15) is 5.76 Å². The molecule has 4 rings (SSSR count). The fourth-order valence-electron chi connectivity index (χ4n) is 3.48. The van der Waals surface area contributed by atoms with Crippen molar-refractivity contribution in [2.45, 2.75) is 12.6 Å². The Hall–Kier alpha value is -3.44. The van der Waals surface area contributed by atoms with E-state index in [4.69, 9.17) is 11.6 Å². The van der Waals surface area contributed by atoms with Gasteiger partial charge in [0.2, 0.25) is 0 Å². The molecule has 1 atom stereocenters. The van der Waals surface area contributed by atoms with Crippen LogP contribution >= 0.6 is 11.6 Å². The van der Waals surface area contributed by atoms with Gasteiger partial charge in [-0.3, -0.25) is 14.6 Å². The van der Waals surface area contributed by atoms with Gasteiger partial charge < -0.3 is 10.0 Å². The number of aliphatic hydroxyl groups is 1. The summed E-state index contributed by atoms with van der Waals surface area (Å²) in [5, 5.41) is 11.4. The first-order valence-electron chi connectivity index (χ1n) is 9.05. The van der Waals surface area contributed by atoms with E-state index in [0.717, 1.165) is 5.56 Å². The van der Waals surface area contributed by atoms with Crippen molar-refractivity contribution < 1.29 is 14.7 Å². The molecule has 144 valence electrons. The molecule has 1 amide bonds. The quantitative estimate of drug-likeness (QED) is 0.398. The number of hydrogen-bond acceptors (Lipinski definition) is 4. The first-order valence-corrected chi connectivity index (χ1v) is 9.43. The molecule has 2 heterocycles. The highest BCUT2D eigenvalue weighted by atomic mass is 35.5. The minimum absolute atomic E-state index is 0.0411. The summed E-state index contributed by atoms with van der Waals surface area (Å²) >= 11 is 6.05. The largest absolute Gasteiger partial charge is 0.507 e. The van der Waals surface area contributed by atoms with Crippen LogP contribution in [0.4, 0.5) is 0 Å². The third kappa shape index (κ3) is 3.65. The van der Waals surface area contributed by atoms with Gasteiger partial charge in [-0.05, 0) is 29.8 Å². The summed E-state index contributed by atoms with van der Waals surface area (Å²) in [4.78, 5) is 31.5. The predicted molar refractivity (Wildman–Crippen MR) is 110 cm³/mol. The first kappa shape index (κ1) is 18.9. The zero-order valence-electron chi connectivity index (χ0n) is 15.3. The van der Waals surface area contributed by atoms with Gasteiger partial charge in [0, 0.05) is 16.8 Å². The highest BCUT2D eigenvalue weighted by Crippen LogP contribution is 2.40. The molecule has 3 aromatic rings. The number of nitrogens with zero attached hydrogens (tertiary/aromatic N) is 2. The van der Waals surface area contributed by atoms with Crippen LogP contribution in [0.1, 0.15) is 22.9 Å². The van der Waals surface area contributed by atoms with E-state index in [1.807, 2.05) is 36.4 Å². The fraction of sp³-hybridized carbons (Fsp3) is 0.0870. The summed E-state index contributed by atoms with van der Waals surface area (Å²) in [5.74, 6) is -1.65. The van der Waals surface area contributed by atoms with Gasteiger partial charge in [-0.25, -0.2) is 0 Å². The number of likely N-dealkylation sites (tertiary alicyclic amines) is 1. The van der Waals surface area contributed by atoms with E-state index < -0.39 is 17.7 Å². The molecule has 6 heteroatoms. The van der Waals surface area contributed by atoms with Crippen LogP contribution in [-0.2, 0) is 16.1 Å². The predicted octanol–water partition coefficient (Wildman–Crippen LogP) is 4.36. The van der Waals surface area contributed by atoms with Crippen LogP contribution in [0.2, 0.25) is 5.02 Å². The summed E-state index contributed by atoms with van der Waals surface area (Å²) in [5.41, 5.74) is 1.80. The lowest BCUT2D eigenvalue weighted by Crippen LogP contribution is -2.29. The highest BCUT2D eigenvalue weighted by molar-refractivity contribution is 6.46. The van der Waals surface area contributed by atoms with Crippen molar-refractivity contribution in [3.8, 4) is 0 Å². The lowest BCUT2D eigenvalue weighted by atomic mass is 9.95. The number of carbonyl (C=O) groups excluding carboxylic acids is 2. The third-order valence-electron chi connectivity index (χ3n) is 4.81. The van der Waals surface area contributed by atoms with Gasteiger partial charge in [0.15, 0.2) is 0 Å². The smallest absolute Gasteiger partial charge is 0.296 e. The van der Waals surface area contributed by atoms with Crippen molar-refractivity contribution in [2.24, 2.45) is 0 Å². The van der Waals surface area contributed by atoms with Crippen molar-refractivity contribution in [3.05, 3.63) is 106 Å². The molecule has 0 aliphatic carbocycles. The number of amides is 1. The lowest BCUT2D eigenvalue weighted by Gasteiger charge is -2.25. The summed E-state index contributed by atoms with van der Waals surface area (Å²) < 4.78 is 0. The van der Waals surface area contributed by atoms with Crippen LogP contribution < -0.4 is 0 Å². The molecule has 1 unspecified atom stereocenters. The summed E-state index contributed by atoms with van der Waals surface area (Å²) in [6.07, 6.45) is 1.63. The highest BCUT2D eigenvalue weighted by Gasteiger charge is 2.46. The summed E-state index contributed by atoms with van der Waals surface area (Å²) in [7, 11) is 0. The van der Waals surface area contributed by atoms with Gasteiger partial charge in [-0.15, -0.1) is 0 Å². The van der Waals surface area contributed by atoms with Crippen LogP contribution in [0.5, 0.6) is 0 Å². The molecule has 1 aliphatic heterocycles. The monoisotopic (exact) mass is 404 g/mol. The van der Waals surface area contributed by atoms with Crippen LogP contribution in [0.3, 0.4) is 0 Å². The van der Waals surface area contributed by atoms with E-state index in [-0.39, 0.29) is 17.9 Å². The maximum absolute atomic E-state index is 12.9. The minimum atomic E-state index is -0.729. The molecule has 0 bridgehead atoms. The Morgan fingerprint density at radius 3 is 2.45 bits per heavy atom. The summed E-state index contributed by atoms with van der Waals surface area (Å²) in [6.45, 7) is 0.150. The van der Waals surface area contributed by atoms with E-state index in [9.17, 15) is 14.7 Å². The number of aliphatic hydroxyl groups excluding tert-OH is 1. The maximum Gasteiger partial charge on any atom is 0.296 e. The van der Waals surface area contributed by atoms with Crippen molar-refractivity contribution in [3.63, 3.8) is 0 Å². The summed E-state index contributed by atoms with van der Waals surface area (Å²) in [6, 6.07) is 20.4. The fourth-order valence-corrected chi connectivity index (χ4v) is 3.67. The lowest BCUT2D eigenvalue weighted by molar-refractivity contribution is -0.140. The molecule has 29 heavy (non-hydrogen) atoms. The minimum Gasteiger partial charge on any atom is -0.507 e. The average Bonchev–Trinajstić information content (AvgIpc) is 2.99. The van der Waals surface area contributed by atoms with E-state index >= 15 is 0 Å². The van der Waals surface area contributed by atoms with Crippen LogP contribution in [0.25, 0.3) is 5.76 Å². The van der Waals surface area contributed by atoms with E-state index in [2.05, 4.69) is 4.98 Å². The van der Waals surface area contributed by atoms with Gasteiger partial charge in [-0.2, -0.15) is 0 Å². The Morgan fingerprint density at radius 1 is 1.00 bits per heavy atom. The Bertz CT molecular complexity index is 1100. The molecular formula is C23H17ClN2O3. The number of rotatable bonds is 4. The van der Waals surface area contributed by atoms with Crippen molar-refractivity contribution >= 4 is 29.1 Å². The average molecular weight is 405 g/mol. The van der Waals surface area contributed by atoms with Crippen molar-refractivity contribution in [1.82, 2.24) is 9.88 Å². The van der Waals surface area contributed by atoms with Crippen LogP contribution in [0.15, 0.2) is 84.6 Å². The second-order valence-corrected chi connectivity index (χ2v) is 7.11. The molecular weight excluding hydrogens is 388 g/mol. The Labute approximate surface area is 172 Å². The second kappa shape index (κ2) is 7.89. The van der Waals surface area contributed by atoms with E-state index in [1.165, 1.54) is 4.90 Å². The van der Waals surface area contributed by atoms with Crippen LogP contribution in [-0.4, -0.2) is 26.7 Å². The zero-order chi connectivity index (χ0) is 20.4. The van der Waals surface area contributed by atoms with Gasteiger partial charge in [0.05, 0.1) is 23.9 Å². The molecule has 1 N–H and O–H groups in total. The molecule has 1 saturated heterocycles. The van der Waals surface area contributed by atoms with E-state index in [0.29, 0.717) is 16.3 Å². The molecule has 0 saturated carbocycles. The van der Waals surface area contributed by atoms with Gasteiger partial charge >= 0.3 is 0 Å². The number of pyridine rings is 1. The Kier molecular flexibility index (Phi) is 5.14. The zero-order valence-corrected chi connectivity index (χ0v) is 16.1. The molecule has 0 spiro atoms. The molecule has 0 radical (unpaired) electrons. The molecule has 1 fully saturated rings. The molecule has 5 nitrogen and oxygen atoms in total. The van der Waals surface area contributed by atoms with Crippen LogP contribution in [0, 0.1) is 0 Å². The Morgan fingerprint density at radius 2 is 1.76 bits per heavy atom. The van der Waals surface area contributed by atoms with E-state index in [1.54, 1.807) is 42.6 Å². The number of carbonyl (C=O) groups is 2. The SMILES string of the molecule is O=C1C(=O)N(Cc2ccccn2)C(c2ccccc2)/C1=C(/O)c1cccc(Cl)c1.